The van der Waals surface area contributed by atoms with E-state index < -0.39 is 5.41 Å². The molecule has 0 spiro atoms. The van der Waals surface area contributed by atoms with E-state index in [1.54, 1.807) is 0 Å². The highest BCUT2D eigenvalue weighted by Crippen LogP contribution is 2.35. The van der Waals surface area contributed by atoms with E-state index >= 15 is 0 Å². The van der Waals surface area contributed by atoms with Gasteiger partial charge in [-0.2, -0.15) is 0 Å². The Bertz CT molecular complexity index is 399. The molecule has 15 heavy (non-hydrogen) atoms. The molecule has 0 radical (unpaired) electrons. The number of amides is 2. The molecule has 2 rings (SSSR count). The van der Waals surface area contributed by atoms with Crippen molar-refractivity contribution in [1.82, 2.24) is 5.32 Å². The van der Waals surface area contributed by atoms with E-state index in [9.17, 15) is 9.59 Å². The van der Waals surface area contributed by atoms with Crippen molar-refractivity contribution >= 4 is 11.8 Å². The largest absolute Gasteiger partial charge is 0.296 e. The molecule has 0 aliphatic carbocycles. The molecule has 1 aromatic carbocycles. The lowest BCUT2D eigenvalue weighted by Crippen LogP contribution is -2.34. The van der Waals surface area contributed by atoms with E-state index in [1.165, 1.54) is 0 Å². The average molecular weight is 203 g/mol. The minimum Gasteiger partial charge on any atom is -0.296 e. The highest BCUT2D eigenvalue weighted by atomic mass is 16.2. The van der Waals surface area contributed by atoms with E-state index in [0.717, 1.165) is 5.56 Å². The molecule has 3 heteroatoms. The zero-order valence-electron chi connectivity index (χ0n) is 8.62. The summed E-state index contributed by atoms with van der Waals surface area (Å²) in [6.07, 6.45) is 0.918. The van der Waals surface area contributed by atoms with Crippen LogP contribution in [-0.2, 0) is 15.0 Å². The van der Waals surface area contributed by atoms with Crippen molar-refractivity contribution in [2.24, 2.45) is 0 Å². The third kappa shape index (κ3) is 1.44. The Kier molecular flexibility index (Phi) is 2.31. The zero-order valence-corrected chi connectivity index (χ0v) is 8.62. The molecule has 3 nitrogen and oxygen atoms in total. The summed E-state index contributed by atoms with van der Waals surface area (Å²) in [5.41, 5.74) is 0.286. The molecule has 1 saturated heterocycles. The van der Waals surface area contributed by atoms with Gasteiger partial charge in [-0.1, -0.05) is 37.3 Å². The molecule has 1 aliphatic heterocycles. The van der Waals surface area contributed by atoms with E-state index in [1.807, 2.05) is 37.3 Å². The monoisotopic (exact) mass is 203 g/mol. The van der Waals surface area contributed by atoms with Gasteiger partial charge < -0.3 is 0 Å². The normalized spacial score (nSPS) is 25.4. The zero-order chi connectivity index (χ0) is 10.9. The second-order valence-electron chi connectivity index (χ2n) is 3.86. The van der Waals surface area contributed by atoms with Crippen molar-refractivity contribution in [3.05, 3.63) is 35.9 Å². The van der Waals surface area contributed by atoms with Crippen molar-refractivity contribution in [2.75, 3.05) is 0 Å². The molecule has 78 valence electrons. The highest BCUT2D eigenvalue weighted by Gasteiger charge is 2.46. The van der Waals surface area contributed by atoms with Gasteiger partial charge in [0.25, 0.3) is 0 Å². The average Bonchev–Trinajstić information content (AvgIpc) is 2.56. The molecule has 1 unspecified atom stereocenters. The standard InChI is InChI=1S/C12H13NO2/c1-2-12(8-10(14)13-11(12)15)9-6-4-3-5-7-9/h3-7H,2,8H2,1H3,(H,13,14,15). The number of carbonyl (C=O) groups excluding carboxylic acids is 2. The Morgan fingerprint density at radius 1 is 1.27 bits per heavy atom. The second-order valence-corrected chi connectivity index (χ2v) is 3.86. The Morgan fingerprint density at radius 2 is 1.93 bits per heavy atom. The predicted octanol–water partition coefficient (Wildman–Crippen LogP) is 1.38. The first-order chi connectivity index (χ1) is 7.19. The number of nitrogens with one attached hydrogen (secondary N) is 1. The maximum absolute atomic E-state index is 11.8. The summed E-state index contributed by atoms with van der Waals surface area (Å²) in [7, 11) is 0. The summed E-state index contributed by atoms with van der Waals surface area (Å²) < 4.78 is 0. The van der Waals surface area contributed by atoms with Gasteiger partial charge in [-0.3, -0.25) is 14.9 Å². The number of benzene rings is 1. The number of hydrogen-bond donors (Lipinski definition) is 1. The predicted molar refractivity (Wildman–Crippen MR) is 56.2 cm³/mol. The van der Waals surface area contributed by atoms with Crippen LogP contribution in [0, 0.1) is 0 Å². The second kappa shape index (κ2) is 3.50. The minimum atomic E-state index is -0.641. The number of rotatable bonds is 2. The lowest BCUT2D eigenvalue weighted by Gasteiger charge is -2.23. The van der Waals surface area contributed by atoms with Gasteiger partial charge in [0.2, 0.25) is 11.8 Å². The molecular weight excluding hydrogens is 190 g/mol. The lowest BCUT2D eigenvalue weighted by molar-refractivity contribution is -0.126. The molecule has 0 saturated carbocycles. The number of hydrogen-bond acceptors (Lipinski definition) is 2. The van der Waals surface area contributed by atoms with Crippen LogP contribution in [0.1, 0.15) is 25.3 Å². The summed E-state index contributed by atoms with van der Waals surface area (Å²) in [6, 6.07) is 9.50. The molecule has 1 atom stereocenters. The molecule has 1 fully saturated rings. The minimum absolute atomic E-state index is 0.166. The third-order valence-electron chi connectivity index (χ3n) is 3.08. The lowest BCUT2D eigenvalue weighted by atomic mass is 9.77. The maximum Gasteiger partial charge on any atom is 0.237 e. The third-order valence-corrected chi connectivity index (χ3v) is 3.08. The van der Waals surface area contributed by atoms with Crippen molar-refractivity contribution in [3.8, 4) is 0 Å². The molecule has 2 amide bonds. The topological polar surface area (TPSA) is 46.2 Å². The number of carbonyl (C=O) groups is 2. The molecular formula is C12H13NO2. The molecule has 0 bridgehead atoms. The Morgan fingerprint density at radius 3 is 2.40 bits per heavy atom. The SMILES string of the molecule is CCC1(c2ccccc2)CC(=O)NC1=O. The maximum atomic E-state index is 11.8. The fourth-order valence-electron chi connectivity index (χ4n) is 2.12. The van der Waals surface area contributed by atoms with Crippen LogP contribution in [0.5, 0.6) is 0 Å². The van der Waals surface area contributed by atoms with Crippen LogP contribution in [0.3, 0.4) is 0 Å². The van der Waals surface area contributed by atoms with Gasteiger partial charge in [-0.05, 0) is 12.0 Å². The van der Waals surface area contributed by atoms with Gasteiger partial charge in [0.1, 0.15) is 0 Å². The van der Waals surface area contributed by atoms with Crippen LogP contribution >= 0.6 is 0 Å². The van der Waals surface area contributed by atoms with Gasteiger partial charge in [0.05, 0.1) is 5.41 Å². The van der Waals surface area contributed by atoms with Crippen molar-refractivity contribution in [3.63, 3.8) is 0 Å². The van der Waals surface area contributed by atoms with Crippen molar-refractivity contribution < 1.29 is 9.59 Å². The smallest absolute Gasteiger partial charge is 0.237 e. The first-order valence-electron chi connectivity index (χ1n) is 5.09. The fourth-order valence-corrected chi connectivity index (χ4v) is 2.12. The quantitative estimate of drug-likeness (QED) is 0.738. The van der Waals surface area contributed by atoms with Crippen LogP contribution in [0.15, 0.2) is 30.3 Å². The Hall–Kier alpha value is -1.64. The van der Waals surface area contributed by atoms with Gasteiger partial charge in [0.15, 0.2) is 0 Å². The molecule has 1 heterocycles. The van der Waals surface area contributed by atoms with E-state index in [-0.39, 0.29) is 18.2 Å². The van der Waals surface area contributed by atoms with Crippen LogP contribution in [0.2, 0.25) is 0 Å². The Labute approximate surface area is 88.5 Å². The summed E-state index contributed by atoms with van der Waals surface area (Å²) in [6.45, 7) is 1.94. The highest BCUT2D eigenvalue weighted by molar-refractivity contribution is 6.09. The van der Waals surface area contributed by atoms with E-state index in [4.69, 9.17) is 0 Å². The van der Waals surface area contributed by atoms with Crippen molar-refractivity contribution in [1.29, 1.82) is 0 Å². The first-order valence-corrected chi connectivity index (χ1v) is 5.09. The van der Waals surface area contributed by atoms with Gasteiger partial charge in [-0.15, -0.1) is 0 Å². The summed E-state index contributed by atoms with van der Waals surface area (Å²) >= 11 is 0. The first kappa shape index (κ1) is 9.90. The molecule has 1 N–H and O–H groups in total. The van der Waals surface area contributed by atoms with Crippen LogP contribution in [-0.4, -0.2) is 11.8 Å². The van der Waals surface area contributed by atoms with Crippen molar-refractivity contribution in [2.45, 2.75) is 25.2 Å². The van der Waals surface area contributed by atoms with Gasteiger partial charge in [-0.25, -0.2) is 0 Å². The molecule has 1 aromatic rings. The summed E-state index contributed by atoms with van der Waals surface area (Å²) in [4.78, 5) is 23.1. The Balaban J connectivity index is 2.47. The molecule has 0 aromatic heterocycles. The molecule has 1 aliphatic rings. The van der Waals surface area contributed by atoms with Gasteiger partial charge in [0, 0.05) is 6.42 Å². The summed E-state index contributed by atoms with van der Waals surface area (Å²) in [5, 5.41) is 2.38. The van der Waals surface area contributed by atoms with Gasteiger partial charge >= 0.3 is 0 Å². The van der Waals surface area contributed by atoms with E-state index in [2.05, 4.69) is 5.32 Å². The fraction of sp³-hybridized carbons (Fsp3) is 0.333. The van der Waals surface area contributed by atoms with E-state index in [0.29, 0.717) is 6.42 Å². The van der Waals surface area contributed by atoms with Crippen LogP contribution < -0.4 is 5.32 Å². The van der Waals surface area contributed by atoms with Crippen LogP contribution in [0.25, 0.3) is 0 Å². The van der Waals surface area contributed by atoms with Crippen LogP contribution in [0.4, 0.5) is 0 Å². The number of imide groups is 1. The summed E-state index contributed by atoms with van der Waals surface area (Å²) in [5.74, 6) is -0.341.